The van der Waals surface area contributed by atoms with Crippen molar-refractivity contribution in [2.75, 3.05) is 0 Å². The molecule has 22 heavy (non-hydrogen) atoms. The maximum absolute atomic E-state index is 13.0. The van der Waals surface area contributed by atoms with E-state index >= 15 is 0 Å². The van der Waals surface area contributed by atoms with Crippen LogP contribution in [0, 0.1) is 11.8 Å². The smallest absolute Gasteiger partial charge is 0.404 e. The maximum Gasteiger partial charge on any atom is 0.404 e. The van der Waals surface area contributed by atoms with E-state index < -0.39 is 24.1 Å². The third kappa shape index (κ3) is 4.22. The first-order valence-corrected chi connectivity index (χ1v) is 7.48. The number of carbonyl (C=O) groups excluding carboxylic acids is 1. The Bertz CT molecular complexity index is 484. The number of hydrogen-bond acceptors (Lipinski definition) is 3. The molecule has 1 saturated carbocycles. The van der Waals surface area contributed by atoms with Crippen molar-refractivity contribution in [1.82, 2.24) is 0 Å². The van der Waals surface area contributed by atoms with Crippen molar-refractivity contribution in [3.05, 3.63) is 30.3 Å². The first-order chi connectivity index (χ1) is 10.4. The maximum atomic E-state index is 13.0. The van der Waals surface area contributed by atoms with E-state index in [1.54, 1.807) is 18.2 Å². The van der Waals surface area contributed by atoms with Crippen LogP contribution < -0.4 is 10.5 Å². The Labute approximate surface area is 127 Å². The van der Waals surface area contributed by atoms with Crippen LogP contribution in [0.5, 0.6) is 5.75 Å². The molecule has 2 atom stereocenters. The lowest BCUT2D eigenvalue weighted by molar-refractivity contribution is -0.177. The highest BCUT2D eigenvalue weighted by Gasteiger charge is 2.48. The molecule has 1 aliphatic rings. The number of carbonyl (C=O) groups is 1. The quantitative estimate of drug-likeness (QED) is 0.681. The first kappa shape index (κ1) is 16.8. The molecular weight excluding hydrogens is 295 g/mol. The van der Waals surface area contributed by atoms with Gasteiger partial charge in [0.25, 0.3) is 0 Å². The molecule has 3 nitrogen and oxygen atoms in total. The van der Waals surface area contributed by atoms with Crippen molar-refractivity contribution in [1.29, 1.82) is 0 Å². The number of rotatable bonds is 4. The monoisotopic (exact) mass is 315 g/mol. The summed E-state index contributed by atoms with van der Waals surface area (Å²) >= 11 is 0. The van der Waals surface area contributed by atoms with E-state index in [0.717, 1.165) is 19.3 Å². The topological polar surface area (TPSA) is 52.3 Å². The minimum Gasteiger partial charge on any atom is -0.426 e. The predicted molar refractivity (Wildman–Crippen MR) is 76.2 cm³/mol. The first-order valence-electron chi connectivity index (χ1n) is 7.48. The standard InChI is InChI=1S/C16H20F3NO2/c17-16(18,19)14(20)13(11-7-3-1-4-8-11)15(21)22-12-9-5-2-6-10-12/h2,5-6,9-11,13-14H,1,3-4,7-8,20H2/t13-,14-/m1/s1. The van der Waals surface area contributed by atoms with Crippen LogP contribution in [-0.2, 0) is 4.79 Å². The summed E-state index contributed by atoms with van der Waals surface area (Å²) in [5, 5.41) is 0. The molecule has 0 aliphatic heterocycles. The average Bonchev–Trinajstić information content (AvgIpc) is 2.48. The van der Waals surface area contributed by atoms with Gasteiger partial charge in [0, 0.05) is 0 Å². The lowest BCUT2D eigenvalue weighted by Crippen LogP contribution is -2.51. The predicted octanol–water partition coefficient (Wildman–Crippen LogP) is 3.68. The molecule has 0 radical (unpaired) electrons. The average molecular weight is 315 g/mol. The highest BCUT2D eigenvalue weighted by molar-refractivity contribution is 5.76. The zero-order valence-electron chi connectivity index (χ0n) is 12.2. The third-order valence-corrected chi connectivity index (χ3v) is 4.16. The number of alkyl halides is 3. The largest absolute Gasteiger partial charge is 0.426 e. The summed E-state index contributed by atoms with van der Waals surface area (Å²) in [7, 11) is 0. The van der Waals surface area contributed by atoms with Crippen molar-refractivity contribution in [2.24, 2.45) is 17.6 Å². The van der Waals surface area contributed by atoms with Crippen molar-refractivity contribution in [2.45, 2.75) is 44.3 Å². The Morgan fingerprint density at radius 2 is 1.73 bits per heavy atom. The summed E-state index contributed by atoms with van der Waals surface area (Å²) in [6, 6.07) is 5.93. The Morgan fingerprint density at radius 3 is 2.27 bits per heavy atom. The molecule has 122 valence electrons. The number of nitrogens with two attached hydrogens (primary N) is 1. The zero-order chi connectivity index (χ0) is 16.2. The van der Waals surface area contributed by atoms with Gasteiger partial charge in [-0.1, -0.05) is 37.5 Å². The molecule has 0 saturated heterocycles. The summed E-state index contributed by atoms with van der Waals surface area (Å²) in [6.45, 7) is 0. The number of halogens is 3. The van der Waals surface area contributed by atoms with Gasteiger partial charge >= 0.3 is 12.1 Å². The fourth-order valence-corrected chi connectivity index (χ4v) is 3.00. The number of ether oxygens (including phenoxy) is 1. The Balaban J connectivity index is 2.17. The summed E-state index contributed by atoms with van der Waals surface area (Å²) in [4.78, 5) is 12.3. The molecule has 1 aliphatic carbocycles. The van der Waals surface area contributed by atoms with E-state index in [9.17, 15) is 18.0 Å². The molecule has 2 N–H and O–H groups in total. The van der Waals surface area contributed by atoms with Gasteiger partial charge in [0.1, 0.15) is 11.8 Å². The fourth-order valence-electron chi connectivity index (χ4n) is 3.00. The molecule has 1 aromatic rings. The molecule has 0 amide bonds. The van der Waals surface area contributed by atoms with Gasteiger partial charge in [-0.3, -0.25) is 4.79 Å². The van der Waals surface area contributed by atoms with Crippen LogP contribution in [0.25, 0.3) is 0 Å². The number of hydrogen-bond donors (Lipinski definition) is 1. The second-order valence-electron chi connectivity index (χ2n) is 5.73. The fraction of sp³-hybridized carbons (Fsp3) is 0.562. The summed E-state index contributed by atoms with van der Waals surface area (Å²) in [5.41, 5.74) is 5.35. The zero-order valence-corrected chi connectivity index (χ0v) is 12.2. The van der Waals surface area contributed by atoms with E-state index in [-0.39, 0.29) is 11.7 Å². The minimum atomic E-state index is -4.61. The van der Waals surface area contributed by atoms with E-state index in [0.29, 0.717) is 12.8 Å². The number of benzene rings is 1. The number of para-hydroxylation sites is 1. The molecule has 0 aromatic heterocycles. The van der Waals surface area contributed by atoms with Gasteiger partial charge in [0.15, 0.2) is 0 Å². The highest BCUT2D eigenvalue weighted by Crippen LogP contribution is 2.37. The van der Waals surface area contributed by atoms with Crippen molar-refractivity contribution < 1.29 is 22.7 Å². The Morgan fingerprint density at radius 1 is 1.14 bits per heavy atom. The molecule has 0 unspecified atom stereocenters. The van der Waals surface area contributed by atoms with Crippen LogP contribution in [0.4, 0.5) is 13.2 Å². The molecule has 0 bridgehead atoms. The van der Waals surface area contributed by atoms with Crippen molar-refractivity contribution in [3.63, 3.8) is 0 Å². The molecule has 0 spiro atoms. The lowest BCUT2D eigenvalue weighted by Gasteiger charge is -2.33. The SMILES string of the molecule is N[C@H]([C@H](C(=O)Oc1ccccc1)C1CCCCC1)C(F)(F)F. The normalized spacial score (nSPS) is 19.5. The van der Waals surface area contributed by atoms with Gasteiger partial charge < -0.3 is 10.5 Å². The van der Waals surface area contributed by atoms with Gasteiger partial charge in [-0.2, -0.15) is 13.2 Å². The van der Waals surface area contributed by atoms with Crippen LogP contribution in [0.2, 0.25) is 0 Å². The third-order valence-electron chi connectivity index (χ3n) is 4.16. The molecule has 2 rings (SSSR count). The van der Waals surface area contributed by atoms with E-state index in [1.807, 2.05) is 0 Å². The van der Waals surface area contributed by atoms with Crippen LogP contribution in [0.3, 0.4) is 0 Å². The summed E-state index contributed by atoms with van der Waals surface area (Å²) in [5.74, 6) is -2.37. The van der Waals surface area contributed by atoms with Gasteiger partial charge in [0.2, 0.25) is 0 Å². The van der Waals surface area contributed by atoms with E-state index in [1.165, 1.54) is 12.1 Å². The summed E-state index contributed by atoms with van der Waals surface area (Å²) in [6.07, 6.45) is -0.818. The van der Waals surface area contributed by atoms with Gasteiger partial charge in [-0.05, 0) is 30.9 Å². The van der Waals surface area contributed by atoms with Gasteiger partial charge in [0.05, 0.1) is 5.92 Å². The highest BCUT2D eigenvalue weighted by atomic mass is 19.4. The van der Waals surface area contributed by atoms with Crippen LogP contribution in [0.15, 0.2) is 30.3 Å². The van der Waals surface area contributed by atoms with Gasteiger partial charge in [-0.25, -0.2) is 0 Å². The Hall–Kier alpha value is -1.56. The molecule has 1 fully saturated rings. The molecular formula is C16H20F3NO2. The van der Waals surface area contributed by atoms with E-state index in [2.05, 4.69) is 0 Å². The van der Waals surface area contributed by atoms with Crippen molar-refractivity contribution in [3.8, 4) is 5.75 Å². The van der Waals surface area contributed by atoms with Gasteiger partial charge in [-0.15, -0.1) is 0 Å². The van der Waals surface area contributed by atoms with Crippen LogP contribution in [0.1, 0.15) is 32.1 Å². The Kier molecular flexibility index (Phi) is 5.45. The second kappa shape index (κ2) is 7.13. The van der Waals surface area contributed by atoms with Crippen LogP contribution in [-0.4, -0.2) is 18.2 Å². The number of esters is 1. The summed E-state index contributed by atoms with van der Waals surface area (Å²) < 4.78 is 44.2. The van der Waals surface area contributed by atoms with E-state index in [4.69, 9.17) is 10.5 Å². The molecule has 1 aromatic carbocycles. The molecule has 0 heterocycles. The molecule has 6 heteroatoms. The van der Waals surface area contributed by atoms with Crippen molar-refractivity contribution >= 4 is 5.97 Å². The minimum absolute atomic E-state index is 0.239. The lowest BCUT2D eigenvalue weighted by atomic mass is 9.76. The van der Waals surface area contributed by atoms with Crippen LogP contribution >= 0.6 is 0 Å². The second-order valence-corrected chi connectivity index (χ2v) is 5.73.